The van der Waals surface area contributed by atoms with E-state index < -0.39 is 11.2 Å². The molecule has 4 nitrogen and oxygen atoms in total. The summed E-state index contributed by atoms with van der Waals surface area (Å²) >= 11 is 0.781. The first kappa shape index (κ1) is 12.6. The number of hydrogen-bond acceptors (Lipinski definition) is 3. The van der Waals surface area contributed by atoms with E-state index in [1.165, 1.54) is 0 Å². The number of carbonyl (C=O) groups is 2. The van der Waals surface area contributed by atoms with E-state index in [9.17, 15) is 9.59 Å². The average molecular weight is 239 g/mol. The third-order valence-corrected chi connectivity index (χ3v) is 2.94. The molecule has 1 unspecified atom stereocenters. The van der Waals surface area contributed by atoms with Gasteiger partial charge in [-0.3, -0.25) is 9.59 Å². The zero-order chi connectivity index (χ0) is 12.0. The molecule has 0 aliphatic heterocycles. The van der Waals surface area contributed by atoms with Crippen LogP contribution in [-0.4, -0.2) is 22.9 Å². The van der Waals surface area contributed by atoms with Crippen molar-refractivity contribution in [3.8, 4) is 0 Å². The maximum atomic E-state index is 11.3. The molecule has 0 radical (unpaired) electrons. The molecule has 0 saturated heterocycles. The molecule has 0 aromatic heterocycles. The molecule has 0 bridgehead atoms. The Morgan fingerprint density at radius 3 is 2.50 bits per heavy atom. The fraction of sp³-hybridized carbons (Fsp3) is 0.273. The summed E-state index contributed by atoms with van der Waals surface area (Å²) in [7, 11) is 0. The van der Waals surface area contributed by atoms with E-state index >= 15 is 0 Å². The van der Waals surface area contributed by atoms with Crippen molar-refractivity contribution in [3.05, 3.63) is 35.9 Å². The fourth-order valence-electron chi connectivity index (χ4n) is 1.18. The summed E-state index contributed by atoms with van der Waals surface area (Å²) in [5, 5.41) is 10.4. The van der Waals surface area contributed by atoms with E-state index in [4.69, 9.17) is 5.11 Å². The van der Waals surface area contributed by atoms with Crippen molar-refractivity contribution >= 4 is 23.0 Å². The molecule has 5 heteroatoms. The molecule has 0 fully saturated rings. The summed E-state index contributed by atoms with van der Waals surface area (Å²) in [6, 6.07) is 8.71. The number of carbonyl (C=O) groups excluding carboxylic acids is 1. The van der Waals surface area contributed by atoms with Gasteiger partial charge < -0.3 is 10.4 Å². The first-order chi connectivity index (χ1) is 7.65. The Morgan fingerprint density at radius 2 is 2.00 bits per heavy atom. The van der Waals surface area contributed by atoms with Gasteiger partial charge in [-0.1, -0.05) is 30.3 Å². The number of hydrogen-bond donors (Lipinski definition) is 2. The lowest BCUT2D eigenvalue weighted by Gasteiger charge is -2.11. The number of carboxylic acid groups (broad SMARTS) is 1. The van der Waals surface area contributed by atoms with Crippen molar-refractivity contribution in [3.63, 3.8) is 0 Å². The normalized spacial score (nSPS) is 11.8. The highest BCUT2D eigenvalue weighted by Crippen LogP contribution is 2.29. The van der Waals surface area contributed by atoms with Crippen LogP contribution in [-0.2, 0) is 4.79 Å². The summed E-state index contributed by atoms with van der Waals surface area (Å²) in [5.74, 6) is -1.01. The predicted octanol–water partition coefficient (Wildman–Crippen LogP) is 2.28. The smallest absolute Gasteiger partial charge is 0.321 e. The topological polar surface area (TPSA) is 66.4 Å². The minimum atomic E-state index is -1.01. The minimum absolute atomic E-state index is 0.321. The molecule has 86 valence electrons. The third kappa shape index (κ3) is 3.58. The van der Waals surface area contributed by atoms with Crippen LogP contribution in [0.2, 0.25) is 0 Å². The molecule has 1 amide bonds. The lowest BCUT2D eigenvalue weighted by molar-refractivity contribution is -0.136. The maximum absolute atomic E-state index is 11.3. The summed E-state index contributed by atoms with van der Waals surface area (Å²) < 4.78 is 0. The van der Waals surface area contributed by atoms with Gasteiger partial charge in [0.1, 0.15) is 5.25 Å². The predicted molar refractivity (Wildman–Crippen MR) is 63.5 cm³/mol. The molecule has 1 rings (SSSR count). The van der Waals surface area contributed by atoms with Crippen LogP contribution in [0.25, 0.3) is 0 Å². The lowest BCUT2D eigenvalue weighted by Crippen LogP contribution is -2.21. The Morgan fingerprint density at radius 1 is 1.38 bits per heavy atom. The number of amides is 1. The molecule has 1 atom stereocenters. The summed E-state index contributed by atoms with van der Waals surface area (Å²) in [4.78, 5) is 22.4. The van der Waals surface area contributed by atoms with Gasteiger partial charge in [0.15, 0.2) is 0 Å². The Balaban J connectivity index is 2.77. The molecule has 0 spiro atoms. The molecule has 0 heterocycles. The van der Waals surface area contributed by atoms with Crippen molar-refractivity contribution in [1.82, 2.24) is 5.32 Å². The number of aliphatic carboxylic acids is 1. The number of rotatable bonds is 4. The summed E-state index contributed by atoms with van der Waals surface area (Å²) in [6.07, 6.45) is 0. The van der Waals surface area contributed by atoms with Gasteiger partial charge >= 0.3 is 5.97 Å². The van der Waals surface area contributed by atoms with E-state index in [0.717, 1.165) is 11.8 Å². The zero-order valence-corrected chi connectivity index (χ0v) is 9.66. The van der Waals surface area contributed by atoms with E-state index in [2.05, 4.69) is 5.32 Å². The van der Waals surface area contributed by atoms with E-state index in [-0.39, 0.29) is 5.24 Å². The second-order valence-corrected chi connectivity index (χ2v) is 4.14. The number of thioether (sulfide) groups is 1. The standard InChI is InChI=1S/C11H13NO3S/c1-2-12-11(15)16-9(10(13)14)8-6-4-3-5-7-8/h3-7,9H,2H2,1H3,(H,12,15)(H,13,14). The summed E-state index contributed by atoms with van der Waals surface area (Å²) in [6.45, 7) is 2.28. The van der Waals surface area contributed by atoms with Crippen LogP contribution in [0, 0.1) is 0 Å². The fourth-order valence-corrected chi connectivity index (χ4v) is 2.02. The van der Waals surface area contributed by atoms with Crippen LogP contribution in [0.5, 0.6) is 0 Å². The highest BCUT2D eigenvalue weighted by atomic mass is 32.2. The third-order valence-electron chi connectivity index (χ3n) is 1.87. The van der Waals surface area contributed by atoms with Crippen LogP contribution in [0.1, 0.15) is 17.7 Å². The molecule has 16 heavy (non-hydrogen) atoms. The second-order valence-electron chi connectivity index (χ2n) is 3.06. The lowest BCUT2D eigenvalue weighted by atomic mass is 10.1. The number of benzene rings is 1. The van der Waals surface area contributed by atoms with Crippen LogP contribution in [0.3, 0.4) is 0 Å². The van der Waals surface area contributed by atoms with Crippen LogP contribution in [0.4, 0.5) is 4.79 Å². The Labute approximate surface area is 98.0 Å². The largest absolute Gasteiger partial charge is 0.480 e. The van der Waals surface area contributed by atoms with E-state index in [0.29, 0.717) is 12.1 Å². The molecule has 2 N–H and O–H groups in total. The van der Waals surface area contributed by atoms with Crippen molar-refractivity contribution in [2.75, 3.05) is 6.54 Å². The first-order valence-electron chi connectivity index (χ1n) is 4.87. The highest BCUT2D eigenvalue weighted by Gasteiger charge is 2.23. The molecule has 1 aromatic rings. The zero-order valence-electron chi connectivity index (χ0n) is 8.84. The van der Waals surface area contributed by atoms with Gasteiger partial charge in [-0.15, -0.1) is 0 Å². The average Bonchev–Trinajstić information content (AvgIpc) is 2.27. The first-order valence-corrected chi connectivity index (χ1v) is 5.75. The van der Waals surface area contributed by atoms with E-state index in [1.807, 2.05) is 0 Å². The van der Waals surface area contributed by atoms with Crippen molar-refractivity contribution in [2.24, 2.45) is 0 Å². The van der Waals surface area contributed by atoms with Gasteiger partial charge in [-0.2, -0.15) is 0 Å². The van der Waals surface area contributed by atoms with Gasteiger partial charge in [-0.05, 0) is 24.2 Å². The molecular formula is C11H13NO3S. The quantitative estimate of drug-likeness (QED) is 0.846. The second kappa shape index (κ2) is 6.17. The SMILES string of the molecule is CCNC(=O)SC(C(=O)O)c1ccccc1. The van der Waals surface area contributed by atoms with Crippen LogP contribution >= 0.6 is 11.8 Å². The highest BCUT2D eigenvalue weighted by molar-refractivity contribution is 8.14. The van der Waals surface area contributed by atoms with Crippen LogP contribution in [0.15, 0.2) is 30.3 Å². The van der Waals surface area contributed by atoms with E-state index in [1.54, 1.807) is 37.3 Å². The maximum Gasteiger partial charge on any atom is 0.321 e. The minimum Gasteiger partial charge on any atom is -0.480 e. The van der Waals surface area contributed by atoms with Gasteiger partial charge in [0, 0.05) is 6.54 Å². The molecular weight excluding hydrogens is 226 g/mol. The Hall–Kier alpha value is -1.49. The van der Waals surface area contributed by atoms with Gasteiger partial charge in [-0.25, -0.2) is 0 Å². The monoisotopic (exact) mass is 239 g/mol. The Bertz CT molecular complexity index is 367. The van der Waals surface area contributed by atoms with Gasteiger partial charge in [0.2, 0.25) is 0 Å². The molecule has 0 aliphatic carbocycles. The van der Waals surface area contributed by atoms with Crippen molar-refractivity contribution < 1.29 is 14.7 Å². The molecule has 0 saturated carbocycles. The van der Waals surface area contributed by atoms with Crippen LogP contribution < -0.4 is 5.32 Å². The summed E-state index contributed by atoms with van der Waals surface area (Å²) in [5.41, 5.74) is 0.617. The Kier molecular flexibility index (Phi) is 4.85. The molecule has 0 aliphatic rings. The number of carboxylic acids is 1. The van der Waals surface area contributed by atoms with Gasteiger partial charge in [0.05, 0.1) is 0 Å². The van der Waals surface area contributed by atoms with Crippen molar-refractivity contribution in [1.29, 1.82) is 0 Å². The molecule has 1 aromatic carbocycles. The van der Waals surface area contributed by atoms with Gasteiger partial charge in [0.25, 0.3) is 5.24 Å². The number of nitrogens with one attached hydrogen (secondary N) is 1. The van der Waals surface area contributed by atoms with Crippen molar-refractivity contribution in [2.45, 2.75) is 12.2 Å².